The van der Waals surface area contributed by atoms with Gasteiger partial charge in [-0.25, -0.2) is 4.98 Å². The molecule has 42 heavy (non-hydrogen) atoms. The highest BCUT2D eigenvalue weighted by Gasteiger charge is 2.31. The summed E-state index contributed by atoms with van der Waals surface area (Å²) in [5.74, 6) is 0.940. The number of fused-ring (bicyclic) bond motifs is 1. The number of hydrogen-bond acceptors (Lipinski definition) is 8. The van der Waals surface area contributed by atoms with Crippen molar-refractivity contribution < 1.29 is 36.5 Å². The number of alkyl halides is 3. The second-order valence-electron chi connectivity index (χ2n) is 9.45. The van der Waals surface area contributed by atoms with Gasteiger partial charge in [-0.05, 0) is 53.6 Å². The molecule has 1 aromatic heterocycles. The van der Waals surface area contributed by atoms with E-state index in [1.807, 2.05) is 50.5 Å². The maximum atomic E-state index is 12.3. The highest BCUT2D eigenvalue weighted by Crippen LogP contribution is 2.24. The molecule has 11 heteroatoms. The minimum atomic E-state index is -4.71. The number of halogens is 3. The fraction of sp³-hybridized carbons (Fsp3) is 0.323. The van der Waals surface area contributed by atoms with Crippen LogP contribution in [0.2, 0.25) is 0 Å². The van der Waals surface area contributed by atoms with E-state index in [1.165, 1.54) is 18.2 Å². The molecule has 0 atom stereocenters. The molecule has 0 unspecified atom stereocenters. The summed E-state index contributed by atoms with van der Waals surface area (Å²) in [7, 11) is 4.01. The highest BCUT2D eigenvalue weighted by molar-refractivity contribution is 5.77. The predicted molar refractivity (Wildman–Crippen MR) is 156 cm³/mol. The van der Waals surface area contributed by atoms with Crippen LogP contribution in [0.25, 0.3) is 23.3 Å². The highest BCUT2D eigenvalue weighted by atomic mass is 19.4. The Balaban J connectivity index is 1.07. The maximum Gasteiger partial charge on any atom is 0.573 e. The Kier molecular flexibility index (Phi) is 11.2. The summed E-state index contributed by atoms with van der Waals surface area (Å²) in [4.78, 5) is 6.55. The van der Waals surface area contributed by atoms with Crippen molar-refractivity contribution in [3.05, 3.63) is 83.7 Å². The van der Waals surface area contributed by atoms with E-state index in [4.69, 9.17) is 18.6 Å². The molecule has 0 fully saturated rings. The molecular weight excluding hydrogens is 551 g/mol. The lowest BCUT2D eigenvalue weighted by molar-refractivity contribution is -0.274. The zero-order valence-corrected chi connectivity index (χ0v) is 23.5. The van der Waals surface area contributed by atoms with E-state index >= 15 is 0 Å². The van der Waals surface area contributed by atoms with Crippen LogP contribution in [-0.2, 0) is 16.0 Å². The summed E-state index contributed by atoms with van der Waals surface area (Å²) in [6, 6.07) is 19.6. The second-order valence-corrected chi connectivity index (χ2v) is 9.45. The van der Waals surface area contributed by atoms with E-state index in [9.17, 15) is 13.2 Å². The van der Waals surface area contributed by atoms with Gasteiger partial charge in [0.2, 0.25) is 5.89 Å². The molecule has 3 aromatic carbocycles. The van der Waals surface area contributed by atoms with Gasteiger partial charge in [0.05, 0.1) is 26.4 Å². The molecule has 8 nitrogen and oxygen atoms in total. The Bertz CT molecular complexity index is 1420. The first kappa shape index (κ1) is 30.9. The van der Waals surface area contributed by atoms with Crippen molar-refractivity contribution in [2.75, 3.05) is 58.6 Å². The van der Waals surface area contributed by atoms with Crippen LogP contribution in [-0.4, -0.2) is 65.0 Å². The third-order valence-electron chi connectivity index (χ3n) is 5.96. The number of nitrogens with one attached hydrogen (secondary N) is 1. The number of benzene rings is 3. The average molecular weight is 586 g/mol. The number of hydrogen-bond donors (Lipinski definition) is 1. The summed E-state index contributed by atoms with van der Waals surface area (Å²) < 4.78 is 63.6. The first-order valence-corrected chi connectivity index (χ1v) is 13.4. The molecule has 1 heterocycles. The van der Waals surface area contributed by atoms with Crippen molar-refractivity contribution in [1.29, 1.82) is 0 Å². The van der Waals surface area contributed by atoms with Crippen molar-refractivity contribution in [3.63, 3.8) is 0 Å². The number of rotatable bonds is 16. The molecule has 0 saturated heterocycles. The van der Waals surface area contributed by atoms with Crippen LogP contribution in [0.3, 0.4) is 0 Å². The van der Waals surface area contributed by atoms with Crippen molar-refractivity contribution in [2.45, 2.75) is 12.9 Å². The Morgan fingerprint density at radius 3 is 2.38 bits per heavy atom. The molecular formula is C31H34F3N3O5. The quantitative estimate of drug-likeness (QED) is 0.157. The summed E-state index contributed by atoms with van der Waals surface area (Å²) in [6.45, 7) is 2.97. The molecule has 0 aliphatic rings. The number of ether oxygens (including phenoxy) is 4. The van der Waals surface area contributed by atoms with Gasteiger partial charge in [-0.3, -0.25) is 0 Å². The van der Waals surface area contributed by atoms with Gasteiger partial charge in [-0.2, -0.15) is 0 Å². The zero-order chi connectivity index (χ0) is 29.8. The van der Waals surface area contributed by atoms with Crippen LogP contribution in [0.5, 0.6) is 11.5 Å². The molecule has 224 valence electrons. The molecule has 4 aromatic rings. The maximum absolute atomic E-state index is 12.3. The number of anilines is 1. The molecule has 0 saturated carbocycles. The van der Waals surface area contributed by atoms with Gasteiger partial charge in [0, 0.05) is 45.0 Å². The van der Waals surface area contributed by atoms with E-state index in [-0.39, 0.29) is 5.75 Å². The van der Waals surface area contributed by atoms with Crippen molar-refractivity contribution in [1.82, 2.24) is 10.3 Å². The standard InChI is InChI=1S/C31H34F3N3O5/c1-37(2)25-9-6-23(7-10-25)8-13-30-36-28-12-11-26(21-29(28)41-30)40-19-18-39-17-16-38-15-14-35-22-24-4-3-5-27(20-24)42-31(32,33)34/h3-13,20-21,35H,14-19,22H2,1-2H3/b13-8+. The van der Waals surface area contributed by atoms with Gasteiger partial charge in [0.25, 0.3) is 0 Å². The summed E-state index contributed by atoms with van der Waals surface area (Å²) in [5, 5.41) is 3.11. The van der Waals surface area contributed by atoms with Crippen molar-refractivity contribution in [3.8, 4) is 11.5 Å². The lowest BCUT2D eigenvalue weighted by Gasteiger charge is -2.11. The van der Waals surface area contributed by atoms with Crippen LogP contribution in [0.4, 0.5) is 18.9 Å². The van der Waals surface area contributed by atoms with Crippen molar-refractivity contribution in [2.24, 2.45) is 0 Å². The number of nitrogens with zero attached hydrogens (tertiary/aromatic N) is 2. The Morgan fingerprint density at radius 2 is 1.62 bits per heavy atom. The normalized spacial score (nSPS) is 11.8. The van der Waals surface area contributed by atoms with Gasteiger partial charge in [-0.1, -0.05) is 24.3 Å². The van der Waals surface area contributed by atoms with E-state index in [2.05, 4.69) is 32.1 Å². The molecule has 0 aliphatic carbocycles. The first-order valence-electron chi connectivity index (χ1n) is 13.4. The van der Waals surface area contributed by atoms with E-state index in [0.717, 1.165) is 16.8 Å². The van der Waals surface area contributed by atoms with Crippen LogP contribution >= 0.6 is 0 Å². The molecule has 0 aliphatic heterocycles. The van der Waals surface area contributed by atoms with Crippen LogP contribution in [0, 0.1) is 0 Å². The van der Waals surface area contributed by atoms with Gasteiger partial charge in [0.15, 0.2) is 5.58 Å². The number of aromatic nitrogens is 1. The zero-order valence-electron chi connectivity index (χ0n) is 23.5. The third kappa shape index (κ3) is 10.4. The smallest absolute Gasteiger partial charge is 0.491 e. The SMILES string of the molecule is CN(C)c1ccc(/C=C/c2nc3ccc(OCCOCCOCCNCc4cccc(OC(F)(F)F)c4)cc3o2)cc1. The van der Waals surface area contributed by atoms with Crippen LogP contribution in [0.1, 0.15) is 17.0 Å². The van der Waals surface area contributed by atoms with E-state index in [1.54, 1.807) is 12.1 Å². The monoisotopic (exact) mass is 585 g/mol. The van der Waals surface area contributed by atoms with E-state index in [0.29, 0.717) is 68.9 Å². The molecule has 0 bridgehead atoms. The molecule has 1 N–H and O–H groups in total. The minimum Gasteiger partial charge on any atom is -0.491 e. The molecule has 0 radical (unpaired) electrons. The summed E-state index contributed by atoms with van der Waals surface area (Å²) in [5.41, 5.74) is 4.26. The van der Waals surface area contributed by atoms with Gasteiger partial charge >= 0.3 is 6.36 Å². The van der Waals surface area contributed by atoms with E-state index < -0.39 is 6.36 Å². The van der Waals surface area contributed by atoms with Gasteiger partial charge in [0.1, 0.15) is 23.6 Å². The minimum absolute atomic E-state index is 0.238. The fourth-order valence-electron chi connectivity index (χ4n) is 3.90. The van der Waals surface area contributed by atoms with Gasteiger partial charge < -0.3 is 33.6 Å². The first-order chi connectivity index (χ1) is 20.2. The van der Waals surface area contributed by atoms with Crippen LogP contribution < -0.4 is 19.7 Å². The fourth-order valence-corrected chi connectivity index (χ4v) is 3.90. The third-order valence-corrected chi connectivity index (χ3v) is 5.96. The van der Waals surface area contributed by atoms with Crippen molar-refractivity contribution >= 4 is 28.9 Å². The second kappa shape index (κ2) is 15.2. The number of oxazole rings is 1. The lowest BCUT2D eigenvalue weighted by atomic mass is 10.2. The molecule has 0 spiro atoms. The topological polar surface area (TPSA) is 78.2 Å². The summed E-state index contributed by atoms with van der Waals surface area (Å²) >= 11 is 0. The molecule has 4 rings (SSSR count). The summed E-state index contributed by atoms with van der Waals surface area (Å²) in [6.07, 6.45) is -0.907. The largest absolute Gasteiger partial charge is 0.573 e. The lowest BCUT2D eigenvalue weighted by Crippen LogP contribution is -2.21. The van der Waals surface area contributed by atoms with Gasteiger partial charge in [-0.15, -0.1) is 13.2 Å². The average Bonchev–Trinajstić information content (AvgIpc) is 3.36. The Labute approximate surface area is 242 Å². The van der Waals surface area contributed by atoms with Crippen LogP contribution in [0.15, 0.2) is 71.1 Å². The Morgan fingerprint density at radius 1 is 0.857 bits per heavy atom. The predicted octanol–water partition coefficient (Wildman–Crippen LogP) is 6.16. The molecule has 0 amide bonds. The Hall–Kier alpha value is -4.06.